The number of aromatic nitrogens is 6. The number of rotatable bonds is 1. The minimum absolute atomic E-state index is 0.147. The number of aliphatic hydroxyl groups excluding tert-OH is 1. The van der Waals surface area contributed by atoms with E-state index in [1.165, 1.54) is 0 Å². The number of aliphatic hydroxyl groups is 1. The summed E-state index contributed by atoms with van der Waals surface area (Å²) in [4.78, 5) is 10.6. The third-order valence-corrected chi connectivity index (χ3v) is 4.52. The fourth-order valence-electron chi connectivity index (χ4n) is 2.89. The molecule has 0 spiro atoms. The molecular formula is C14H15BrF3N7O. The number of anilines is 1. The maximum absolute atomic E-state index is 12.9. The van der Waals surface area contributed by atoms with Crippen molar-refractivity contribution in [3.8, 4) is 0 Å². The summed E-state index contributed by atoms with van der Waals surface area (Å²) in [7, 11) is 1.00. The summed E-state index contributed by atoms with van der Waals surface area (Å²) < 4.78 is 42.4. The molecule has 12 heteroatoms. The SMILES string of the molecule is CO.Cc1nccn2c(N3CCn4c(nnc4C(F)(F)F)C3)nc(Br)c12. The number of hydrogen-bond donors (Lipinski definition) is 1. The van der Waals surface area contributed by atoms with Crippen LogP contribution in [0.15, 0.2) is 17.0 Å². The molecule has 140 valence electrons. The highest BCUT2D eigenvalue weighted by Gasteiger charge is 2.39. The van der Waals surface area contributed by atoms with E-state index in [0.29, 0.717) is 17.1 Å². The molecule has 3 aromatic rings. The summed E-state index contributed by atoms with van der Waals surface area (Å²) >= 11 is 3.42. The second-order valence-electron chi connectivity index (χ2n) is 5.44. The third-order valence-electron chi connectivity index (χ3n) is 3.97. The molecule has 1 aliphatic heterocycles. The summed E-state index contributed by atoms with van der Waals surface area (Å²) in [5.74, 6) is -0.0521. The topological polar surface area (TPSA) is 84.4 Å². The van der Waals surface area contributed by atoms with Crippen molar-refractivity contribution in [1.82, 2.24) is 29.1 Å². The summed E-state index contributed by atoms with van der Waals surface area (Å²) in [6, 6.07) is 0. The van der Waals surface area contributed by atoms with E-state index in [9.17, 15) is 13.2 Å². The maximum atomic E-state index is 12.9. The molecular weight excluding hydrogens is 419 g/mol. The summed E-state index contributed by atoms with van der Waals surface area (Å²) in [5.41, 5.74) is 1.64. The first kappa shape index (κ1) is 18.6. The molecule has 0 radical (unpaired) electrons. The number of imidazole rings is 1. The molecule has 0 saturated carbocycles. The van der Waals surface area contributed by atoms with Gasteiger partial charge in [-0.05, 0) is 22.9 Å². The molecule has 4 heterocycles. The Balaban J connectivity index is 0.000000948. The Morgan fingerprint density at radius 2 is 1.92 bits per heavy atom. The second-order valence-corrected chi connectivity index (χ2v) is 6.20. The number of alkyl halides is 3. The van der Waals surface area contributed by atoms with Gasteiger partial charge in [0.25, 0.3) is 0 Å². The van der Waals surface area contributed by atoms with E-state index in [4.69, 9.17) is 5.11 Å². The lowest BCUT2D eigenvalue weighted by molar-refractivity contribution is -0.147. The lowest BCUT2D eigenvalue weighted by Crippen LogP contribution is -2.36. The van der Waals surface area contributed by atoms with Gasteiger partial charge in [0.05, 0.1) is 12.2 Å². The van der Waals surface area contributed by atoms with Crippen LogP contribution in [-0.2, 0) is 19.3 Å². The molecule has 8 nitrogen and oxygen atoms in total. The van der Waals surface area contributed by atoms with Gasteiger partial charge in [-0.15, -0.1) is 10.2 Å². The van der Waals surface area contributed by atoms with Crippen molar-refractivity contribution >= 4 is 27.4 Å². The van der Waals surface area contributed by atoms with Crippen LogP contribution in [0.5, 0.6) is 0 Å². The van der Waals surface area contributed by atoms with E-state index in [0.717, 1.165) is 22.9 Å². The molecule has 0 amide bonds. The highest BCUT2D eigenvalue weighted by molar-refractivity contribution is 9.10. The monoisotopic (exact) mass is 433 g/mol. The standard InChI is InChI=1S/C13H11BrF3N7.CH4O/c1-7-9-10(14)19-12(24(9)3-2-18-7)22-4-5-23-8(6-22)20-21-11(23)13(15,16)17;1-2/h2-3H,4-6H2,1H3;2H,1H3. The van der Waals surface area contributed by atoms with Gasteiger partial charge in [0, 0.05) is 32.6 Å². The zero-order valence-electron chi connectivity index (χ0n) is 13.9. The van der Waals surface area contributed by atoms with Crippen LogP contribution in [-0.4, -0.2) is 47.9 Å². The van der Waals surface area contributed by atoms with Gasteiger partial charge in [-0.2, -0.15) is 13.2 Å². The Hall–Kier alpha value is -2.21. The molecule has 0 aromatic carbocycles. The predicted molar refractivity (Wildman–Crippen MR) is 89.6 cm³/mol. The van der Waals surface area contributed by atoms with Gasteiger partial charge in [-0.3, -0.25) is 9.38 Å². The lowest BCUT2D eigenvalue weighted by Gasteiger charge is -2.28. The number of fused-ring (bicyclic) bond motifs is 2. The number of aryl methyl sites for hydroxylation is 1. The van der Waals surface area contributed by atoms with Crippen LogP contribution < -0.4 is 4.90 Å². The zero-order valence-corrected chi connectivity index (χ0v) is 15.5. The van der Waals surface area contributed by atoms with Gasteiger partial charge in [0.1, 0.15) is 10.1 Å². The second kappa shape index (κ2) is 6.83. The minimum Gasteiger partial charge on any atom is -0.400 e. The fraction of sp³-hybridized carbons (Fsp3) is 0.429. The minimum atomic E-state index is -4.50. The van der Waals surface area contributed by atoms with Crippen molar-refractivity contribution in [1.29, 1.82) is 0 Å². The zero-order chi connectivity index (χ0) is 19.1. The molecule has 3 aromatic heterocycles. The quantitative estimate of drug-likeness (QED) is 0.631. The Bertz CT molecular complexity index is 937. The molecule has 1 N–H and O–H groups in total. The van der Waals surface area contributed by atoms with Gasteiger partial charge in [-0.1, -0.05) is 0 Å². The van der Waals surface area contributed by atoms with Gasteiger partial charge in [0.2, 0.25) is 11.8 Å². The third kappa shape index (κ3) is 3.03. The molecule has 0 bridgehead atoms. The van der Waals surface area contributed by atoms with Gasteiger partial charge < -0.3 is 14.6 Å². The van der Waals surface area contributed by atoms with Crippen LogP contribution >= 0.6 is 15.9 Å². The number of halogens is 4. The van der Waals surface area contributed by atoms with E-state index in [1.54, 1.807) is 12.4 Å². The Morgan fingerprint density at radius 1 is 1.19 bits per heavy atom. The average Bonchev–Trinajstić information content (AvgIpc) is 3.18. The molecule has 4 rings (SSSR count). The Labute approximate surface area is 154 Å². The predicted octanol–water partition coefficient (Wildman–Crippen LogP) is 2.04. The molecule has 0 unspecified atom stereocenters. The molecule has 1 aliphatic rings. The van der Waals surface area contributed by atoms with Crippen molar-refractivity contribution in [2.75, 3.05) is 18.6 Å². The summed E-state index contributed by atoms with van der Waals surface area (Å²) in [6.07, 6.45) is -1.07. The number of hydrogen-bond acceptors (Lipinski definition) is 6. The molecule has 0 aliphatic carbocycles. The average molecular weight is 434 g/mol. The van der Waals surface area contributed by atoms with Crippen LogP contribution in [0.3, 0.4) is 0 Å². The lowest BCUT2D eigenvalue weighted by atomic mass is 10.3. The van der Waals surface area contributed by atoms with Crippen molar-refractivity contribution in [2.24, 2.45) is 0 Å². The van der Waals surface area contributed by atoms with Crippen molar-refractivity contribution in [2.45, 2.75) is 26.2 Å². The van der Waals surface area contributed by atoms with Crippen LogP contribution in [0.1, 0.15) is 17.3 Å². The molecule has 26 heavy (non-hydrogen) atoms. The Kier molecular flexibility index (Phi) is 4.88. The molecule has 0 atom stereocenters. The fourth-order valence-corrected chi connectivity index (χ4v) is 3.53. The summed E-state index contributed by atoms with van der Waals surface area (Å²) in [5, 5.41) is 14.0. The number of nitrogens with zero attached hydrogens (tertiary/aromatic N) is 7. The normalized spacial score (nSPS) is 14.2. The van der Waals surface area contributed by atoms with Crippen molar-refractivity contribution in [3.05, 3.63) is 34.3 Å². The first-order chi connectivity index (χ1) is 12.4. The van der Waals surface area contributed by atoms with Crippen LogP contribution in [0, 0.1) is 6.92 Å². The summed E-state index contributed by atoms with van der Waals surface area (Å²) in [6.45, 7) is 2.60. The van der Waals surface area contributed by atoms with Crippen molar-refractivity contribution in [3.63, 3.8) is 0 Å². The van der Waals surface area contributed by atoms with E-state index in [2.05, 4.69) is 36.1 Å². The highest BCUT2D eigenvalue weighted by Crippen LogP contribution is 2.31. The molecule has 0 fully saturated rings. The Morgan fingerprint density at radius 3 is 2.62 bits per heavy atom. The van der Waals surface area contributed by atoms with E-state index in [-0.39, 0.29) is 18.9 Å². The van der Waals surface area contributed by atoms with E-state index < -0.39 is 12.0 Å². The van der Waals surface area contributed by atoms with Crippen LogP contribution in [0.25, 0.3) is 5.52 Å². The molecule has 0 saturated heterocycles. The van der Waals surface area contributed by atoms with Crippen molar-refractivity contribution < 1.29 is 18.3 Å². The van der Waals surface area contributed by atoms with Crippen LogP contribution in [0.2, 0.25) is 0 Å². The largest absolute Gasteiger partial charge is 0.451 e. The van der Waals surface area contributed by atoms with E-state index in [1.807, 2.05) is 16.2 Å². The highest BCUT2D eigenvalue weighted by atomic mass is 79.9. The first-order valence-electron chi connectivity index (χ1n) is 7.54. The van der Waals surface area contributed by atoms with Crippen LogP contribution in [0.4, 0.5) is 19.1 Å². The van der Waals surface area contributed by atoms with Gasteiger partial charge >= 0.3 is 6.18 Å². The smallest absolute Gasteiger partial charge is 0.400 e. The van der Waals surface area contributed by atoms with E-state index >= 15 is 0 Å². The maximum Gasteiger partial charge on any atom is 0.451 e. The van der Waals surface area contributed by atoms with Gasteiger partial charge in [-0.25, -0.2) is 4.98 Å². The first-order valence-corrected chi connectivity index (χ1v) is 8.33. The van der Waals surface area contributed by atoms with Gasteiger partial charge in [0.15, 0.2) is 5.82 Å².